The number of ether oxygens (including phenoxy) is 1. The summed E-state index contributed by atoms with van der Waals surface area (Å²) in [6, 6.07) is 8.09. The first-order valence-corrected chi connectivity index (χ1v) is 15.5. The van der Waals surface area contributed by atoms with Crippen LogP contribution in [0.2, 0.25) is 0 Å². The first-order valence-electron chi connectivity index (χ1n) is 14.1. The molecule has 5 N–H and O–H groups in total. The van der Waals surface area contributed by atoms with E-state index >= 15 is 0 Å². The highest BCUT2D eigenvalue weighted by Gasteiger charge is 2.30. The average Bonchev–Trinajstić information content (AvgIpc) is 2.98. The minimum absolute atomic E-state index is 0.172. The van der Waals surface area contributed by atoms with Crippen LogP contribution in [0, 0.1) is 19.8 Å². The molecule has 44 heavy (non-hydrogen) atoms. The van der Waals surface area contributed by atoms with E-state index < -0.39 is 41.7 Å². The van der Waals surface area contributed by atoms with Crippen molar-refractivity contribution in [2.45, 2.75) is 53.1 Å². The Morgan fingerprint density at radius 1 is 0.977 bits per heavy atom. The van der Waals surface area contributed by atoms with Crippen molar-refractivity contribution < 1.29 is 28.7 Å². The largest absolute Gasteiger partial charge is 0.465 e. The molecule has 0 aliphatic heterocycles. The Balaban J connectivity index is 2.28. The summed E-state index contributed by atoms with van der Waals surface area (Å²) in [6.45, 7) is 8.56. The number of nitrogens with one attached hydrogen (secondary N) is 5. The van der Waals surface area contributed by atoms with Gasteiger partial charge in [0.2, 0.25) is 17.8 Å². The van der Waals surface area contributed by atoms with Gasteiger partial charge in [0.05, 0.1) is 6.61 Å². The Labute approximate surface area is 261 Å². The monoisotopic (exact) mass is 627 g/mol. The van der Waals surface area contributed by atoms with Crippen LogP contribution < -0.4 is 26.6 Å². The number of esters is 1. The van der Waals surface area contributed by atoms with E-state index in [-0.39, 0.29) is 37.1 Å². The number of hydrogen-bond donors (Lipinski definition) is 5. The second kappa shape index (κ2) is 18.3. The minimum Gasteiger partial charge on any atom is -0.465 e. The van der Waals surface area contributed by atoms with Crippen LogP contribution in [0.3, 0.4) is 0 Å². The first kappa shape index (κ1) is 35.7. The van der Waals surface area contributed by atoms with Crippen molar-refractivity contribution in [3.8, 4) is 0 Å². The van der Waals surface area contributed by atoms with Gasteiger partial charge in [-0.15, -0.1) is 0 Å². The van der Waals surface area contributed by atoms with E-state index in [9.17, 15) is 24.0 Å². The number of nitrogens with zero attached hydrogens (tertiary/aromatic N) is 2. The van der Waals surface area contributed by atoms with Crippen molar-refractivity contribution in [3.63, 3.8) is 0 Å². The molecule has 0 saturated carbocycles. The third-order valence-electron chi connectivity index (χ3n) is 6.05. The lowest BCUT2D eigenvalue weighted by Gasteiger charge is -2.25. The van der Waals surface area contributed by atoms with E-state index in [4.69, 9.17) is 4.74 Å². The molecule has 0 spiro atoms. The summed E-state index contributed by atoms with van der Waals surface area (Å²) in [5, 5.41) is 13.3. The normalized spacial score (nSPS) is 12.5. The van der Waals surface area contributed by atoms with Crippen molar-refractivity contribution in [1.82, 2.24) is 31.2 Å². The number of rotatable bonds is 16. The van der Waals surface area contributed by atoms with Gasteiger partial charge in [0.15, 0.2) is 0 Å². The molecule has 2 rings (SSSR count). The second-order valence-electron chi connectivity index (χ2n) is 10.1. The number of thioether (sulfide) groups is 1. The molecule has 0 aliphatic rings. The molecule has 1 aromatic heterocycles. The van der Waals surface area contributed by atoms with Gasteiger partial charge in [-0.1, -0.05) is 32.0 Å². The molecule has 0 unspecified atom stereocenters. The van der Waals surface area contributed by atoms with Gasteiger partial charge < -0.3 is 31.3 Å². The highest BCUT2D eigenvalue weighted by Crippen LogP contribution is 2.09. The maximum absolute atomic E-state index is 13.5. The zero-order chi connectivity index (χ0) is 32.6. The smallest absolute Gasteiger partial charge is 0.325 e. The van der Waals surface area contributed by atoms with Gasteiger partial charge >= 0.3 is 5.97 Å². The lowest BCUT2D eigenvalue weighted by molar-refractivity contribution is -0.143. The Bertz CT molecular complexity index is 1320. The first-order chi connectivity index (χ1) is 20.9. The van der Waals surface area contributed by atoms with E-state index in [0.717, 1.165) is 0 Å². The van der Waals surface area contributed by atoms with Crippen molar-refractivity contribution in [2.24, 2.45) is 5.92 Å². The number of benzene rings is 1. The fourth-order valence-electron chi connectivity index (χ4n) is 3.88. The van der Waals surface area contributed by atoms with Crippen LogP contribution >= 0.6 is 11.8 Å². The SMILES string of the molecule is CCOC(=O)CNC(=O)[C@@H](NC(=O)[C@H](CCSC)NC(=O)/C(=C\Nc1nc(C)cc(C)n1)NC(=O)c1ccccc1)C(C)C. The lowest BCUT2D eigenvalue weighted by atomic mass is 10.0. The van der Waals surface area contributed by atoms with E-state index in [2.05, 4.69) is 36.6 Å². The van der Waals surface area contributed by atoms with Crippen LogP contribution in [-0.4, -0.2) is 76.8 Å². The zero-order valence-corrected chi connectivity index (χ0v) is 26.7. The number of aromatic nitrogens is 2. The van der Waals surface area contributed by atoms with Crippen molar-refractivity contribution in [3.05, 3.63) is 65.2 Å². The zero-order valence-electron chi connectivity index (χ0n) is 25.9. The van der Waals surface area contributed by atoms with Crippen LogP contribution in [0.1, 0.15) is 48.9 Å². The predicted octanol–water partition coefficient (Wildman–Crippen LogP) is 1.83. The Morgan fingerprint density at radius 3 is 2.23 bits per heavy atom. The molecule has 0 saturated heterocycles. The molecule has 238 valence electrons. The maximum atomic E-state index is 13.5. The van der Waals surface area contributed by atoms with Gasteiger partial charge in [-0.2, -0.15) is 11.8 Å². The molecule has 2 atom stereocenters. The summed E-state index contributed by atoms with van der Waals surface area (Å²) < 4.78 is 4.84. The molecule has 2 aromatic rings. The number of amides is 4. The van der Waals surface area contributed by atoms with E-state index in [1.807, 2.05) is 6.26 Å². The average molecular weight is 628 g/mol. The van der Waals surface area contributed by atoms with Crippen molar-refractivity contribution >= 4 is 47.3 Å². The molecule has 13 nitrogen and oxygen atoms in total. The van der Waals surface area contributed by atoms with Gasteiger partial charge in [0.25, 0.3) is 11.8 Å². The van der Waals surface area contributed by atoms with E-state index in [0.29, 0.717) is 22.7 Å². The summed E-state index contributed by atoms with van der Waals surface area (Å²) in [6.07, 6.45) is 3.35. The Hall–Kier alpha value is -4.46. The van der Waals surface area contributed by atoms with Gasteiger partial charge in [-0.05, 0) is 63.3 Å². The fourth-order valence-corrected chi connectivity index (χ4v) is 4.35. The van der Waals surface area contributed by atoms with Crippen LogP contribution in [0.15, 0.2) is 48.3 Å². The van der Waals surface area contributed by atoms with E-state index in [1.54, 1.807) is 71.0 Å². The lowest BCUT2D eigenvalue weighted by Crippen LogP contribution is -2.56. The topological polar surface area (TPSA) is 181 Å². The molecule has 0 bridgehead atoms. The highest BCUT2D eigenvalue weighted by atomic mass is 32.2. The number of aryl methyl sites for hydroxylation is 2. The molecular formula is C30H41N7O6S. The Kier molecular flexibility index (Phi) is 14.8. The molecule has 0 fully saturated rings. The number of carbonyl (C=O) groups is 5. The molecule has 1 aromatic carbocycles. The van der Waals surface area contributed by atoms with Gasteiger partial charge in [-0.3, -0.25) is 24.0 Å². The van der Waals surface area contributed by atoms with Crippen molar-refractivity contribution in [2.75, 3.05) is 30.5 Å². The summed E-state index contributed by atoms with van der Waals surface area (Å²) >= 11 is 1.47. The third-order valence-corrected chi connectivity index (χ3v) is 6.69. The summed E-state index contributed by atoms with van der Waals surface area (Å²) in [5.41, 5.74) is 1.54. The van der Waals surface area contributed by atoms with Gasteiger partial charge in [0.1, 0.15) is 24.3 Å². The van der Waals surface area contributed by atoms with Gasteiger partial charge in [-0.25, -0.2) is 9.97 Å². The van der Waals surface area contributed by atoms with Crippen LogP contribution in [0.5, 0.6) is 0 Å². The number of carbonyl (C=O) groups excluding carboxylic acids is 5. The number of anilines is 1. The summed E-state index contributed by atoms with van der Waals surface area (Å²) in [4.78, 5) is 73.0. The van der Waals surface area contributed by atoms with Crippen molar-refractivity contribution in [1.29, 1.82) is 0 Å². The van der Waals surface area contributed by atoms with Crippen LogP contribution in [-0.2, 0) is 23.9 Å². The van der Waals surface area contributed by atoms with Crippen LogP contribution in [0.25, 0.3) is 0 Å². The minimum atomic E-state index is -1.05. The second-order valence-corrected chi connectivity index (χ2v) is 11.0. The third kappa shape index (κ3) is 12.0. The van der Waals surface area contributed by atoms with Gasteiger partial charge in [0, 0.05) is 23.2 Å². The molecule has 4 amide bonds. The standard InChI is InChI=1S/C30H41N7O6S/c1-7-43-24(38)17-31-29(42)25(18(2)3)37-27(40)22(13-14-44-6)35-28(41)23(36-26(39)21-11-9-8-10-12-21)16-32-30-33-19(4)15-20(5)34-30/h8-12,15-16,18,22,25H,7,13-14,17H2,1-6H3,(H,31,42)(H,35,41)(H,36,39)(H,37,40)(H,32,33,34)/b23-16+/t22-,25-/m0/s1. The van der Waals surface area contributed by atoms with E-state index in [1.165, 1.54) is 18.0 Å². The molecule has 1 heterocycles. The maximum Gasteiger partial charge on any atom is 0.325 e. The summed E-state index contributed by atoms with van der Waals surface area (Å²) in [5.74, 6) is -2.66. The highest BCUT2D eigenvalue weighted by molar-refractivity contribution is 7.98. The predicted molar refractivity (Wildman–Crippen MR) is 168 cm³/mol. The fraction of sp³-hybridized carbons (Fsp3) is 0.433. The molecule has 14 heteroatoms. The molecule has 0 radical (unpaired) electrons. The molecule has 0 aliphatic carbocycles. The summed E-state index contributed by atoms with van der Waals surface area (Å²) in [7, 11) is 0. The van der Waals surface area contributed by atoms with Crippen LogP contribution in [0.4, 0.5) is 5.95 Å². The quantitative estimate of drug-likeness (QED) is 0.136. The molecular weight excluding hydrogens is 586 g/mol. The number of hydrogen-bond acceptors (Lipinski definition) is 10. The Morgan fingerprint density at radius 2 is 1.64 bits per heavy atom.